The van der Waals surface area contributed by atoms with Crippen LogP contribution in [0.1, 0.15) is 0 Å². The van der Waals surface area contributed by atoms with E-state index < -0.39 is 0 Å². The summed E-state index contributed by atoms with van der Waals surface area (Å²) < 4.78 is 8.31. The third kappa shape index (κ3) is 2.19. The first kappa shape index (κ1) is 13.7. The van der Waals surface area contributed by atoms with E-state index in [9.17, 15) is 0 Å². The van der Waals surface area contributed by atoms with Crippen molar-refractivity contribution in [3.05, 3.63) is 60.1 Å². The molecule has 0 aliphatic carbocycles. The van der Waals surface area contributed by atoms with Gasteiger partial charge in [-0.25, -0.2) is 9.97 Å². The molecule has 5 rings (SSSR count). The average molecular weight is 346 g/mol. The van der Waals surface area contributed by atoms with Gasteiger partial charge in [-0.15, -0.1) is 11.3 Å². The Morgan fingerprint density at radius 2 is 1.71 bits per heavy atom. The maximum Gasteiger partial charge on any atom is 0.213 e. The molecule has 4 nitrogen and oxygen atoms in total. The normalized spacial score (nSPS) is 11.3. The van der Waals surface area contributed by atoms with Gasteiger partial charge >= 0.3 is 0 Å². The van der Waals surface area contributed by atoms with Gasteiger partial charge in [-0.05, 0) is 33.8 Å². The molecule has 0 saturated heterocycles. The number of benzene rings is 2. The highest BCUT2D eigenvalue weighted by molar-refractivity contribution is 7.14. The van der Waals surface area contributed by atoms with Gasteiger partial charge in [0.05, 0.1) is 22.8 Å². The van der Waals surface area contributed by atoms with Crippen LogP contribution in [0.15, 0.2) is 60.1 Å². The van der Waals surface area contributed by atoms with E-state index in [2.05, 4.69) is 72.6 Å². The third-order valence-corrected chi connectivity index (χ3v) is 5.39. The molecule has 3 aromatic heterocycles. The number of hydrogen-bond donors (Lipinski definition) is 0. The highest BCUT2D eigenvalue weighted by Gasteiger charge is 2.13. The highest BCUT2D eigenvalue weighted by Crippen LogP contribution is 2.37. The quantitative estimate of drug-likeness (QED) is 0.450. The third-order valence-electron chi connectivity index (χ3n) is 3.95. The van der Waals surface area contributed by atoms with Crippen molar-refractivity contribution in [2.75, 3.05) is 0 Å². The van der Waals surface area contributed by atoms with Gasteiger partial charge in [0.15, 0.2) is 0 Å². The Kier molecular flexibility index (Phi) is 3.11. The Bertz CT molecular complexity index is 1180. The number of rotatable bonds is 2. The molecule has 0 spiro atoms. The molecule has 0 saturated carbocycles. The standard InChI is InChI=1S/C18H10N4S2/c1-2-4-12-9-13(6-5-11(12)3-1)14-7-8-23-16(14)15-10-19-17-18(20-15)22-24-21-17/h1-10H. The lowest BCUT2D eigenvalue weighted by Gasteiger charge is -2.05. The van der Waals surface area contributed by atoms with Crippen LogP contribution in [0.3, 0.4) is 0 Å². The largest absolute Gasteiger partial charge is 0.231 e. The molecular formula is C18H10N4S2. The fourth-order valence-corrected chi connectivity index (χ4v) is 4.12. The van der Waals surface area contributed by atoms with Gasteiger partial charge in [-0.2, -0.15) is 8.75 Å². The number of nitrogens with zero attached hydrogens (tertiary/aromatic N) is 4. The van der Waals surface area contributed by atoms with Crippen LogP contribution in [0.25, 0.3) is 43.8 Å². The van der Waals surface area contributed by atoms with Gasteiger partial charge in [0.1, 0.15) is 5.69 Å². The summed E-state index contributed by atoms with van der Waals surface area (Å²) in [6, 6.07) is 17.1. The Morgan fingerprint density at radius 1 is 0.833 bits per heavy atom. The number of aromatic nitrogens is 4. The van der Waals surface area contributed by atoms with Gasteiger partial charge in [0.25, 0.3) is 0 Å². The van der Waals surface area contributed by atoms with Crippen LogP contribution in [-0.4, -0.2) is 18.7 Å². The van der Waals surface area contributed by atoms with Crippen LogP contribution in [-0.2, 0) is 0 Å². The van der Waals surface area contributed by atoms with Crippen molar-refractivity contribution in [3.63, 3.8) is 0 Å². The lowest BCUT2D eigenvalue weighted by Crippen LogP contribution is -1.88. The zero-order valence-electron chi connectivity index (χ0n) is 12.4. The molecule has 3 heterocycles. The monoisotopic (exact) mass is 346 g/mol. The number of fused-ring (bicyclic) bond motifs is 2. The average Bonchev–Trinajstić information content (AvgIpc) is 3.29. The molecule has 0 aliphatic rings. The summed E-state index contributed by atoms with van der Waals surface area (Å²) in [5.41, 5.74) is 4.40. The molecule has 0 N–H and O–H groups in total. The van der Waals surface area contributed by atoms with Gasteiger partial charge in [-0.3, -0.25) is 0 Å². The summed E-state index contributed by atoms with van der Waals surface area (Å²) >= 11 is 2.81. The van der Waals surface area contributed by atoms with E-state index in [4.69, 9.17) is 0 Å². The molecule has 0 bridgehead atoms. The first-order chi connectivity index (χ1) is 11.9. The second-order valence-electron chi connectivity index (χ2n) is 5.39. The van der Waals surface area contributed by atoms with Crippen LogP contribution < -0.4 is 0 Å². The second-order valence-corrected chi connectivity index (χ2v) is 6.84. The van der Waals surface area contributed by atoms with Crippen molar-refractivity contribution in [1.29, 1.82) is 0 Å². The summed E-state index contributed by atoms with van der Waals surface area (Å²) in [4.78, 5) is 10.1. The first-order valence-corrected chi connectivity index (χ1v) is 9.02. The molecule has 114 valence electrons. The molecule has 0 aliphatic heterocycles. The van der Waals surface area contributed by atoms with Crippen LogP contribution in [0, 0.1) is 0 Å². The first-order valence-electron chi connectivity index (χ1n) is 7.41. The van der Waals surface area contributed by atoms with Gasteiger partial charge in [0, 0.05) is 5.56 Å². The van der Waals surface area contributed by atoms with E-state index in [1.54, 1.807) is 17.5 Å². The zero-order valence-corrected chi connectivity index (χ0v) is 14.0. The van der Waals surface area contributed by atoms with Crippen molar-refractivity contribution < 1.29 is 0 Å². The molecular weight excluding hydrogens is 336 g/mol. The van der Waals surface area contributed by atoms with Crippen molar-refractivity contribution in [2.24, 2.45) is 0 Å². The van der Waals surface area contributed by atoms with Gasteiger partial charge in [0.2, 0.25) is 11.3 Å². The fraction of sp³-hybridized carbons (Fsp3) is 0. The van der Waals surface area contributed by atoms with E-state index >= 15 is 0 Å². The minimum absolute atomic E-state index is 0.604. The molecule has 24 heavy (non-hydrogen) atoms. The van der Waals surface area contributed by atoms with Crippen molar-refractivity contribution in [3.8, 4) is 21.7 Å². The zero-order chi connectivity index (χ0) is 15.9. The minimum atomic E-state index is 0.604. The van der Waals surface area contributed by atoms with Crippen molar-refractivity contribution in [2.45, 2.75) is 0 Å². The van der Waals surface area contributed by atoms with E-state index in [0.29, 0.717) is 11.3 Å². The summed E-state index contributed by atoms with van der Waals surface area (Å²) in [5.74, 6) is 0. The van der Waals surface area contributed by atoms with E-state index in [1.165, 1.54) is 21.9 Å². The highest BCUT2D eigenvalue weighted by atomic mass is 32.1. The van der Waals surface area contributed by atoms with E-state index in [-0.39, 0.29) is 0 Å². The van der Waals surface area contributed by atoms with Crippen LogP contribution >= 0.6 is 23.1 Å². The lowest BCUT2D eigenvalue weighted by atomic mass is 10.0. The van der Waals surface area contributed by atoms with Gasteiger partial charge in [-0.1, -0.05) is 36.4 Å². The maximum absolute atomic E-state index is 4.61. The maximum atomic E-state index is 4.61. The summed E-state index contributed by atoms with van der Waals surface area (Å²) in [5, 5.41) is 4.57. The predicted octanol–water partition coefficient (Wildman–Crippen LogP) is 5.03. The molecule has 0 unspecified atom stereocenters. The van der Waals surface area contributed by atoms with Crippen molar-refractivity contribution in [1.82, 2.24) is 18.7 Å². The molecule has 0 atom stereocenters. The van der Waals surface area contributed by atoms with Gasteiger partial charge < -0.3 is 0 Å². The molecule has 2 aromatic carbocycles. The molecule has 0 amide bonds. The van der Waals surface area contributed by atoms with Crippen LogP contribution in [0.2, 0.25) is 0 Å². The Morgan fingerprint density at radius 3 is 2.67 bits per heavy atom. The number of thiophene rings is 1. The minimum Gasteiger partial charge on any atom is -0.231 e. The molecule has 5 aromatic rings. The lowest BCUT2D eigenvalue weighted by molar-refractivity contribution is 1.27. The predicted molar refractivity (Wildman–Crippen MR) is 99.3 cm³/mol. The van der Waals surface area contributed by atoms with Crippen LogP contribution in [0.4, 0.5) is 0 Å². The van der Waals surface area contributed by atoms with E-state index in [0.717, 1.165) is 22.3 Å². The number of hydrogen-bond acceptors (Lipinski definition) is 6. The van der Waals surface area contributed by atoms with Crippen LogP contribution in [0.5, 0.6) is 0 Å². The smallest absolute Gasteiger partial charge is 0.213 e. The topological polar surface area (TPSA) is 51.6 Å². The molecule has 0 fully saturated rings. The van der Waals surface area contributed by atoms with Crippen molar-refractivity contribution >= 4 is 45.1 Å². The Hall–Kier alpha value is -2.70. The molecule has 0 radical (unpaired) electrons. The van der Waals surface area contributed by atoms with E-state index in [1.807, 2.05) is 0 Å². The molecule has 6 heteroatoms. The Balaban J connectivity index is 1.67. The Labute approximate surface area is 145 Å². The SMILES string of the molecule is c1ccc2cc(-c3ccsc3-c3cnc4nsnc4n3)ccc2c1. The summed E-state index contributed by atoms with van der Waals surface area (Å²) in [7, 11) is 0. The summed E-state index contributed by atoms with van der Waals surface area (Å²) in [6.07, 6.45) is 1.78. The second kappa shape index (κ2) is 5.43. The fourth-order valence-electron chi connectivity index (χ4n) is 2.80. The summed E-state index contributed by atoms with van der Waals surface area (Å²) in [6.45, 7) is 0.